The second kappa shape index (κ2) is 7.80. The molecule has 0 saturated carbocycles. The standard InChI is InChI=1S/C10H13N.CH3.ClH.H2O/c1-2-4-10-6-8-11-7-5-9(10)3-1;;;/h1-4,11H,5-8H2;1H3;1H;1H2. The summed E-state index contributed by atoms with van der Waals surface area (Å²) in [5, 5.41) is 3.39. The number of hydrogen-bond donors (Lipinski definition) is 1. The van der Waals surface area contributed by atoms with E-state index in [0.717, 1.165) is 13.1 Å². The van der Waals surface area contributed by atoms with E-state index >= 15 is 0 Å². The summed E-state index contributed by atoms with van der Waals surface area (Å²) >= 11 is 0. The molecule has 0 amide bonds. The molecule has 1 aromatic rings. The van der Waals surface area contributed by atoms with Gasteiger partial charge < -0.3 is 10.8 Å². The maximum Gasteiger partial charge on any atom is -0.000812 e. The van der Waals surface area contributed by atoms with E-state index in [1.54, 1.807) is 0 Å². The van der Waals surface area contributed by atoms with Crippen molar-refractivity contribution < 1.29 is 5.48 Å². The average Bonchev–Trinajstić information content (AvgIpc) is 2.28. The molecule has 3 heteroatoms. The Morgan fingerprint density at radius 3 is 1.79 bits per heavy atom. The molecule has 1 aliphatic heterocycles. The van der Waals surface area contributed by atoms with Gasteiger partial charge in [0.15, 0.2) is 0 Å². The summed E-state index contributed by atoms with van der Waals surface area (Å²) in [6.45, 7) is 2.27. The van der Waals surface area contributed by atoms with E-state index in [4.69, 9.17) is 0 Å². The van der Waals surface area contributed by atoms with Gasteiger partial charge in [0.25, 0.3) is 0 Å². The van der Waals surface area contributed by atoms with Crippen LogP contribution in [-0.2, 0) is 12.8 Å². The van der Waals surface area contributed by atoms with Crippen LogP contribution in [0.5, 0.6) is 0 Å². The van der Waals surface area contributed by atoms with Gasteiger partial charge in [0, 0.05) is 0 Å². The molecule has 14 heavy (non-hydrogen) atoms. The Hall–Kier alpha value is -0.570. The maximum atomic E-state index is 3.39. The van der Waals surface area contributed by atoms with Crippen molar-refractivity contribution in [2.24, 2.45) is 0 Å². The van der Waals surface area contributed by atoms with E-state index in [0.29, 0.717) is 0 Å². The SMILES string of the molecule is Cl.O.[CH3].c1ccc2c(c1)CCNCC2. The van der Waals surface area contributed by atoms with Crippen LogP contribution in [0.1, 0.15) is 11.1 Å². The van der Waals surface area contributed by atoms with Crippen LogP contribution in [0, 0.1) is 7.43 Å². The zero-order valence-corrected chi connectivity index (χ0v) is 9.36. The Kier molecular flexibility index (Phi) is 8.85. The van der Waals surface area contributed by atoms with Gasteiger partial charge in [-0.05, 0) is 37.1 Å². The Labute approximate surface area is 92.4 Å². The molecule has 0 unspecified atom stereocenters. The predicted molar refractivity (Wildman–Crippen MR) is 64.0 cm³/mol. The summed E-state index contributed by atoms with van der Waals surface area (Å²) < 4.78 is 0. The fraction of sp³-hybridized carbons (Fsp3) is 0.364. The number of rotatable bonds is 0. The van der Waals surface area contributed by atoms with Gasteiger partial charge in [0.1, 0.15) is 0 Å². The van der Waals surface area contributed by atoms with Crippen molar-refractivity contribution in [2.75, 3.05) is 13.1 Å². The van der Waals surface area contributed by atoms with Gasteiger partial charge in [-0.25, -0.2) is 0 Å². The second-order valence-electron chi connectivity index (χ2n) is 3.02. The first-order chi connectivity index (χ1) is 5.47. The number of fused-ring (bicyclic) bond motifs is 1. The lowest BCUT2D eigenvalue weighted by atomic mass is 10.0. The van der Waals surface area contributed by atoms with Crippen LogP contribution in [0.25, 0.3) is 0 Å². The van der Waals surface area contributed by atoms with Gasteiger partial charge in [-0.2, -0.15) is 0 Å². The molecule has 1 heterocycles. The smallest absolute Gasteiger partial charge is 0.000812 e. The highest BCUT2D eigenvalue weighted by molar-refractivity contribution is 5.85. The van der Waals surface area contributed by atoms with E-state index < -0.39 is 0 Å². The van der Waals surface area contributed by atoms with Crippen LogP contribution >= 0.6 is 12.4 Å². The zero-order chi connectivity index (χ0) is 7.52. The normalized spacial score (nSPS) is 13.4. The number of benzene rings is 1. The minimum Gasteiger partial charge on any atom is -0.412 e. The van der Waals surface area contributed by atoms with Gasteiger partial charge in [0.2, 0.25) is 0 Å². The molecule has 81 valence electrons. The van der Waals surface area contributed by atoms with Gasteiger partial charge in [-0.3, -0.25) is 0 Å². The molecule has 1 aromatic carbocycles. The minimum atomic E-state index is 0. The van der Waals surface area contributed by atoms with Crippen molar-refractivity contribution in [1.29, 1.82) is 0 Å². The molecule has 0 saturated heterocycles. The van der Waals surface area contributed by atoms with Gasteiger partial charge in [-0.1, -0.05) is 31.7 Å². The molecule has 2 rings (SSSR count). The number of halogens is 1. The molecular weight excluding hydrogens is 198 g/mol. The van der Waals surface area contributed by atoms with Crippen LogP contribution in [0.3, 0.4) is 0 Å². The molecule has 0 atom stereocenters. The van der Waals surface area contributed by atoms with E-state index in [2.05, 4.69) is 29.6 Å². The summed E-state index contributed by atoms with van der Waals surface area (Å²) in [5.41, 5.74) is 3.05. The van der Waals surface area contributed by atoms with Crippen molar-refractivity contribution in [3.8, 4) is 0 Å². The Bertz CT molecular complexity index is 228. The highest BCUT2D eigenvalue weighted by atomic mass is 35.5. The van der Waals surface area contributed by atoms with Crippen molar-refractivity contribution >= 4 is 12.4 Å². The Balaban J connectivity index is 0. The summed E-state index contributed by atoms with van der Waals surface area (Å²) in [4.78, 5) is 0. The van der Waals surface area contributed by atoms with Gasteiger partial charge >= 0.3 is 0 Å². The van der Waals surface area contributed by atoms with Crippen LogP contribution in [0.4, 0.5) is 0 Å². The molecule has 0 bridgehead atoms. The van der Waals surface area contributed by atoms with Crippen molar-refractivity contribution in [3.63, 3.8) is 0 Å². The molecule has 0 aromatic heterocycles. The number of nitrogens with one attached hydrogen (secondary N) is 1. The Morgan fingerprint density at radius 1 is 0.929 bits per heavy atom. The molecule has 3 N–H and O–H groups in total. The fourth-order valence-corrected chi connectivity index (χ4v) is 1.62. The monoisotopic (exact) mass is 216 g/mol. The lowest BCUT2D eigenvalue weighted by Gasteiger charge is -2.01. The topological polar surface area (TPSA) is 43.5 Å². The van der Waals surface area contributed by atoms with Gasteiger partial charge in [-0.15, -0.1) is 12.4 Å². The highest BCUT2D eigenvalue weighted by Crippen LogP contribution is 2.11. The van der Waals surface area contributed by atoms with E-state index in [1.807, 2.05) is 0 Å². The lowest BCUT2D eigenvalue weighted by Crippen LogP contribution is -2.16. The van der Waals surface area contributed by atoms with Crippen molar-refractivity contribution in [1.82, 2.24) is 5.32 Å². The quantitative estimate of drug-likeness (QED) is 0.701. The lowest BCUT2D eigenvalue weighted by molar-refractivity contribution is 0.711. The van der Waals surface area contributed by atoms with E-state index in [9.17, 15) is 0 Å². The van der Waals surface area contributed by atoms with E-state index in [-0.39, 0.29) is 25.3 Å². The fourth-order valence-electron chi connectivity index (χ4n) is 1.62. The third kappa shape index (κ3) is 3.66. The third-order valence-electron chi connectivity index (χ3n) is 2.26. The maximum absolute atomic E-state index is 3.39. The highest BCUT2D eigenvalue weighted by Gasteiger charge is 2.04. The van der Waals surface area contributed by atoms with Crippen molar-refractivity contribution in [2.45, 2.75) is 12.8 Å². The summed E-state index contributed by atoms with van der Waals surface area (Å²) in [5.74, 6) is 0. The van der Waals surface area contributed by atoms with Gasteiger partial charge in [0.05, 0.1) is 0 Å². The molecule has 2 nitrogen and oxygen atoms in total. The summed E-state index contributed by atoms with van der Waals surface area (Å²) in [6.07, 6.45) is 2.38. The average molecular weight is 217 g/mol. The molecule has 0 spiro atoms. The minimum absolute atomic E-state index is 0. The largest absolute Gasteiger partial charge is 0.412 e. The molecule has 0 aliphatic carbocycles. The van der Waals surface area contributed by atoms with E-state index in [1.165, 1.54) is 24.0 Å². The van der Waals surface area contributed by atoms with Crippen LogP contribution in [-0.4, -0.2) is 18.6 Å². The zero-order valence-electron chi connectivity index (χ0n) is 8.55. The molecule has 0 fully saturated rings. The number of hydrogen-bond acceptors (Lipinski definition) is 1. The van der Waals surface area contributed by atoms with Crippen molar-refractivity contribution in [3.05, 3.63) is 42.8 Å². The molecule has 1 aliphatic rings. The van der Waals surface area contributed by atoms with Crippen LogP contribution in [0.2, 0.25) is 0 Å². The molecule has 1 radical (unpaired) electrons. The first-order valence-electron chi connectivity index (χ1n) is 4.24. The predicted octanol–water partition coefficient (Wildman–Crippen LogP) is 1.42. The van der Waals surface area contributed by atoms with Crippen LogP contribution < -0.4 is 5.32 Å². The first-order valence-corrected chi connectivity index (χ1v) is 4.24. The van der Waals surface area contributed by atoms with Crippen LogP contribution in [0.15, 0.2) is 24.3 Å². The first kappa shape index (κ1) is 15.9. The summed E-state index contributed by atoms with van der Waals surface area (Å²) in [7, 11) is 0. The summed E-state index contributed by atoms with van der Waals surface area (Å²) in [6, 6.07) is 8.74. The molecular formula is C11H19ClNO. The second-order valence-corrected chi connectivity index (χ2v) is 3.02. The Morgan fingerprint density at radius 2 is 1.36 bits per heavy atom. The third-order valence-corrected chi connectivity index (χ3v) is 2.26.